The van der Waals surface area contributed by atoms with Crippen molar-refractivity contribution in [3.63, 3.8) is 0 Å². The van der Waals surface area contributed by atoms with Crippen LogP contribution in [0.1, 0.15) is 0 Å². The molecule has 0 spiro atoms. The number of aldehydes is 2. The van der Waals surface area contributed by atoms with E-state index in [1.54, 1.807) is 0 Å². The predicted octanol–water partition coefficient (Wildman–Crippen LogP) is 0.151. The number of likely N-dealkylation sites (N-methyl/N-ethyl adjacent to an activating group) is 1. The highest BCUT2D eigenvalue weighted by atomic mass is 19.4. The molecule has 0 aromatic heterocycles. The Morgan fingerprint density at radius 3 is 1.83 bits per heavy atom. The molecule has 0 radical (unpaired) electrons. The van der Waals surface area contributed by atoms with Gasteiger partial charge in [-0.1, -0.05) is 0 Å². The van der Waals surface area contributed by atoms with Crippen molar-refractivity contribution in [2.45, 2.75) is 12.2 Å². The summed E-state index contributed by atoms with van der Waals surface area (Å²) in [6.07, 6.45) is -4.89. The monoisotopic (exact) mass is 183 g/mol. The zero-order valence-electron chi connectivity index (χ0n) is 6.26. The first kappa shape index (κ1) is 11.1. The van der Waals surface area contributed by atoms with E-state index in [4.69, 9.17) is 0 Å². The fourth-order valence-corrected chi connectivity index (χ4v) is 0.698. The van der Waals surface area contributed by atoms with E-state index < -0.39 is 18.1 Å². The van der Waals surface area contributed by atoms with E-state index >= 15 is 0 Å². The molecule has 12 heavy (non-hydrogen) atoms. The summed E-state index contributed by atoms with van der Waals surface area (Å²) >= 11 is 0. The van der Waals surface area contributed by atoms with E-state index in [2.05, 4.69) is 5.32 Å². The fraction of sp³-hybridized carbons (Fsp3) is 0.667. The van der Waals surface area contributed by atoms with Gasteiger partial charge in [0.2, 0.25) is 0 Å². The predicted molar refractivity (Wildman–Crippen MR) is 34.5 cm³/mol. The molecule has 0 aromatic carbocycles. The second kappa shape index (κ2) is 4.20. The third-order valence-electron chi connectivity index (χ3n) is 1.39. The molecule has 0 saturated carbocycles. The number of rotatable bonds is 4. The smallest absolute Gasteiger partial charge is 0.310 e. The van der Waals surface area contributed by atoms with Gasteiger partial charge in [0.1, 0.15) is 18.5 Å². The first-order valence-corrected chi connectivity index (χ1v) is 3.12. The van der Waals surface area contributed by atoms with Crippen LogP contribution < -0.4 is 5.32 Å². The van der Waals surface area contributed by atoms with Crippen molar-refractivity contribution in [3.05, 3.63) is 0 Å². The van der Waals surface area contributed by atoms with Gasteiger partial charge in [-0.25, -0.2) is 0 Å². The van der Waals surface area contributed by atoms with Gasteiger partial charge < -0.3 is 14.9 Å². The van der Waals surface area contributed by atoms with Crippen LogP contribution in [0, 0.1) is 5.92 Å². The third-order valence-corrected chi connectivity index (χ3v) is 1.39. The molecule has 0 aliphatic carbocycles. The normalized spacial score (nSPS) is 16.7. The highest BCUT2D eigenvalue weighted by Crippen LogP contribution is 2.26. The lowest BCUT2D eigenvalue weighted by Crippen LogP contribution is -2.43. The van der Waals surface area contributed by atoms with Crippen molar-refractivity contribution in [3.8, 4) is 0 Å². The highest BCUT2D eigenvalue weighted by Gasteiger charge is 2.44. The zero-order valence-corrected chi connectivity index (χ0v) is 6.26. The molecule has 0 aliphatic heterocycles. The molecule has 0 amide bonds. The number of hydrogen-bond donors (Lipinski definition) is 1. The average Bonchev–Trinajstić information content (AvgIpc) is 1.97. The molecule has 0 saturated heterocycles. The summed E-state index contributed by atoms with van der Waals surface area (Å²) in [6, 6.07) is -1.50. The summed E-state index contributed by atoms with van der Waals surface area (Å²) in [7, 11) is 1.18. The Labute approximate surface area is 66.9 Å². The van der Waals surface area contributed by atoms with Crippen LogP contribution >= 0.6 is 0 Å². The van der Waals surface area contributed by atoms with E-state index in [0.29, 0.717) is 0 Å². The lowest BCUT2D eigenvalue weighted by Gasteiger charge is -2.19. The highest BCUT2D eigenvalue weighted by molar-refractivity contribution is 5.68. The van der Waals surface area contributed by atoms with Gasteiger partial charge in [-0.3, -0.25) is 0 Å². The molecule has 70 valence electrons. The van der Waals surface area contributed by atoms with Gasteiger partial charge in [-0.05, 0) is 7.05 Å². The topological polar surface area (TPSA) is 46.2 Å². The van der Waals surface area contributed by atoms with Crippen LogP contribution in [0.15, 0.2) is 0 Å². The van der Waals surface area contributed by atoms with Crippen LogP contribution in [0.2, 0.25) is 0 Å². The van der Waals surface area contributed by atoms with Crippen molar-refractivity contribution in [1.82, 2.24) is 5.32 Å². The van der Waals surface area contributed by atoms with Crippen LogP contribution in [-0.2, 0) is 9.59 Å². The maximum Gasteiger partial charge on any atom is 0.400 e. The van der Waals surface area contributed by atoms with Gasteiger partial charge in [0.25, 0.3) is 0 Å². The van der Waals surface area contributed by atoms with Crippen molar-refractivity contribution in [2.75, 3.05) is 7.05 Å². The van der Waals surface area contributed by atoms with Gasteiger partial charge in [0, 0.05) is 0 Å². The average molecular weight is 183 g/mol. The lowest BCUT2D eigenvalue weighted by molar-refractivity contribution is -0.180. The minimum atomic E-state index is -4.67. The number of alkyl halides is 3. The first-order chi connectivity index (χ1) is 5.47. The summed E-state index contributed by atoms with van der Waals surface area (Å²) in [4.78, 5) is 20.1. The van der Waals surface area contributed by atoms with Gasteiger partial charge in [-0.2, -0.15) is 13.2 Å². The molecule has 6 heteroatoms. The maximum absolute atomic E-state index is 11.9. The Balaban J connectivity index is 4.52. The molecule has 0 aromatic rings. The van der Waals surface area contributed by atoms with Gasteiger partial charge in [0.05, 0.1) is 6.04 Å². The largest absolute Gasteiger partial charge is 0.400 e. The SMILES string of the molecule is CN[C@H](C=O)[C@@H](C=O)C(F)(F)F. The number of nitrogens with one attached hydrogen (secondary N) is 1. The number of carbonyl (C=O) groups is 2. The minimum absolute atomic E-state index is 0.0621. The molecule has 0 aliphatic rings. The van der Waals surface area contributed by atoms with Crippen molar-refractivity contribution in [1.29, 1.82) is 0 Å². The Morgan fingerprint density at radius 2 is 1.75 bits per heavy atom. The van der Waals surface area contributed by atoms with Crippen LogP contribution in [0.5, 0.6) is 0 Å². The first-order valence-electron chi connectivity index (χ1n) is 3.12. The Morgan fingerprint density at radius 1 is 1.25 bits per heavy atom. The molecular weight excluding hydrogens is 175 g/mol. The third kappa shape index (κ3) is 2.61. The summed E-state index contributed by atoms with van der Waals surface area (Å²) in [6.45, 7) is 0. The van der Waals surface area contributed by atoms with Crippen LogP contribution in [-0.4, -0.2) is 31.8 Å². The summed E-state index contributed by atoms with van der Waals surface area (Å²) in [5.41, 5.74) is 0. The Hall–Kier alpha value is -0.910. The Bertz CT molecular complexity index is 169. The maximum atomic E-state index is 11.9. The number of carbonyl (C=O) groups excluding carboxylic acids is 2. The summed E-state index contributed by atoms with van der Waals surface area (Å²) in [5, 5.41) is 2.09. The van der Waals surface area contributed by atoms with Crippen molar-refractivity contribution in [2.24, 2.45) is 5.92 Å². The fourth-order valence-electron chi connectivity index (χ4n) is 0.698. The Kier molecular flexibility index (Phi) is 3.88. The molecule has 0 fully saturated rings. The number of hydrogen-bond acceptors (Lipinski definition) is 3. The van der Waals surface area contributed by atoms with Gasteiger partial charge in [-0.15, -0.1) is 0 Å². The quantitative estimate of drug-likeness (QED) is 0.631. The van der Waals surface area contributed by atoms with E-state index in [0.717, 1.165) is 0 Å². The lowest BCUT2D eigenvalue weighted by atomic mass is 10.0. The van der Waals surface area contributed by atoms with E-state index in [9.17, 15) is 22.8 Å². The van der Waals surface area contributed by atoms with Gasteiger partial charge >= 0.3 is 6.18 Å². The van der Waals surface area contributed by atoms with E-state index in [1.807, 2.05) is 0 Å². The molecule has 0 bridgehead atoms. The molecule has 0 unspecified atom stereocenters. The molecule has 2 atom stereocenters. The minimum Gasteiger partial charge on any atom is -0.310 e. The summed E-state index contributed by atoms with van der Waals surface area (Å²) < 4.78 is 35.7. The van der Waals surface area contributed by atoms with Crippen LogP contribution in [0.4, 0.5) is 13.2 Å². The van der Waals surface area contributed by atoms with E-state index in [1.165, 1.54) is 7.05 Å². The standard InChI is InChI=1S/C6H8F3NO2/c1-10-5(3-12)4(2-11)6(7,8)9/h2-5,10H,1H3/t4-,5-/m1/s1. The van der Waals surface area contributed by atoms with Crippen molar-refractivity contribution >= 4 is 12.6 Å². The second-order valence-electron chi connectivity index (χ2n) is 2.15. The van der Waals surface area contributed by atoms with E-state index in [-0.39, 0.29) is 12.6 Å². The number of halogens is 3. The van der Waals surface area contributed by atoms with Gasteiger partial charge in [0.15, 0.2) is 0 Å². The molecule has 3 nitrogen and oxygen atoms in total. The molecule has 1 N–H and O–H groups in total. The molecule has 0 rings (SSSR count). The molecule has 0 heterocycles. The summed E-state index contributed by atoms with van der Waals surface area (Å²) in [5.74, 6) is -2.26. The molecular formula is C6H8F3NO2. The van der Waals surface area contributed by atoms with Crippen molar-refractivity contribution < 1.29 is 22.8 Å². The van der Waals surface area contributed by atoms with Crippen LogP contribution in [0.3, 0.4) is 0 Å². The second-order valence-corrected chi connectivity index (χ2v) is 2.15. The zero-order chi connectivity index (χ0) is 9.78. The van der Waals surface area contributed by atoms with Crippen LogP contribution in [0.25, 0.3) is 0 Å².